The molecule has 0 radical (unpaired) electrons. The molecule has 1 N–H and O–H groups in total. The molecular weight excluding hydrogens is 472 g/mol. The number of ether oxygens (including phenoxy) is 1. The van der Waals surface area contributed by atoms with Gasteiger partial charge in [-0.25, -0.2) is 4.99 Å². The average molecular weight is 501 g/mol. The summed E-state index contributed by atoms with van der Waals surface area (Å²) in [5.74, 6) is -0.794. The van der Waals surface area contributed by atoms with Crippen LogP contribution >= 0.6 is 15.9 Å². The number of pyridine rings is 1. The number of fused-ring (bicyclic) bond motifs is 1. The minimum absolute atomic E-state index is 0.121. The number of dihydropyridines is 1. The van der Waals surface area contributed by atoms with Gasteiger partial charge in [-0.1, -0.05) is 5.57 Å². The Morgan fingerprint density at radius 1 is 1.28 bits per heavy atom. The van der Waals surface area contributed by atoms with Crippen LogP contribution in [0, 0.1) is 12.8 Å². The second-order valence-electron chi connectivity index (χ2n) is 8.59. The first-order valence-electron chi connectivity index (χ1n) is 10.9. The predicted octanol–water partition coefficient (Wildman–Crippen LogP) is 3.70. The Hall–Kier alpha value is -2.29. The van der Waals surface area contributed by atoms with E-state index in [0.717, 1.165) is 39.9 Å². The lowest BCUT2D eigenvalue weighted by Crippen LogP contribution is -2.39. The molecule has 1 saturated heterocycles. The maximum atomic E-state index is 13.3. The molecule has 2 aromatic heterocycles. The number of nitrogens with zero attached hydrogens (tertiary/aromatic N) is 3. The number of rotatable bonds is 5. The number of morpholine rings is 1. The third-order valence-corrected chi connectivity index (χ3v) is 6.86. The van der Waals surface area contributed by atoms with Crippen LogP contribution in [0.4, 0.5) is 0 Å². The Balaban J connectivity index is 1.64. The van der Waals surface area contributed by atoms with E-state index in [2.05, 4.69) is 42.5 Å². The summed E-state index contributed by atoms with van der Waals surface area (Å²) in [7, 11) is 0. The van der Waals surface area contributed by atoms with E-state index in [4.69, 9.17) is 4.74 Å². The molecule has 2 aliphatic heterocycles. The van der Waals surface area contributed by atoms with Crippen LogP contribution in [-0.4, -0.2) is 59.7 Å². The van der Waals surface area contributed by atoms with Gasteiger partial charge >= 0.3 is 0 Å². The molecule has 2 amide bonds. The first-order valence-corrected chi connectivity index (χ1v) is 11.7. The Morgan fingerprint density at radius 2 is 2.00 bits per heavy atom. The molecule has 2 atom stereocenters. The maximum absolute atomic E-state index is 13.3. The molecule has 2 aromatic rings. The molecule has 2 aliphatic rings. The van der Waals surface area contributed by atoms with Gasteiger partial charge in [0.1, 0.15) is 0 Å². The first-order chi connectivity index (χ1) is 15.3. The maximum Gasteiger partial charge on any atom is 0.254 e. The molecule has 2 unspecified atom stereocenters. The number of hydrogen-bond donors (Lipinski definition) is 1. The standard InChI is InChI=1S/C24H29BrN4O3/c1-14-9-15(2)27-24(31)21(14)12-26-23(30)20-11-19-10-18(25)13-29(19)22(16(20)3)17(4)28-5-7-32-8-6-28/h9-11,13,17,21H,5-8,12H2,1-4H3,(H,26,30). The van der Waals surface area contributed by atoms with Crippen molar-refractivity contribution < 1.29 is 14.3 Å². The third kappa shape index (κ3) is 4.44. The Bertz CT molecular complexity index is 1130. The largest absolute Gasteiger partial charge is 0.379 e. The molecule has 7 nitrogen and oxygen atoms in total. The molecule has 0 aliphatic carbocycles. The summed E-state index contributed by atoms with van der Waals surface area (Å²) in [6, 6.07) is 4.05. The molecule has 32 heavy (non-hydrogen) atoms. The van der Waals surface area contributed by atoms with E-state index < -0.39 is 5.92 Å². The SMILES string of the molecule is CC1=CC(C)=NC(=O)C1CNC(=O)c1cc2cc(Br)cn2c(C(C)N2CCOCC2)c1C. The Labute approximate surface area is 196 Å². The summed E-state index contributed by atoms with van der Waals surface area (Å²) >= 11 is 3.58. The topological polar surface area (TPSA) is 75.4 Å². The summed E-state index contributed by atoms with van der Waals surface area (Å²) in [6.07, 6.45) is 3.95. The number of nitrogens with one attached hydrogen (secondary N) is 1. The second kappa shape index (κ2) is 9.29. The zero-order chi connectivity index (χ0) is 23.0. The van der Waals surface area contributed by atoms with Crippen LogP contribution < -0.4 is 5.32 Å². The highest BCUT2D eigenvalue weighted by Gasteiger charge is 2.27. The van der Waals surface area contributed by atoms with Crippen LogP contribution in [0.15, 0.2) is 39.4 Å². The molecule has 0 aromatic carbocycles. The number of allylic oxidation sites excluding steroid dienone is 1. The number of amides is 2. The van der Waals surface area contributed by atoms with E-state index >= 15 is 0 Å². The van der Waals surface area contributed by atoms with E-state index in [-0.39, 0.29) is 24.4 Å². The van der Waals surface area contributed by atoms with Crippen LogP contribution in [0.25, 0.3) is 5.52 Å². The number of carbonyl (C=O) groups excluding carboxylic acids is 2. The fraction of sp³-hybridized carbons (Fsp3) is 0.458. The predicted molar refractivity (Wildman–Crippen MR) is 128 cm³/mol. The molecule has 0 bridgehead atoms. The highest BCUT2D eigenvalue weighted by Crippen LogP contribution is 2.30. The lowest BCUT2D eigenvalue weighted by atomic mass is 9.95. The van der Waals surface area contributed by atoms with Crippen molar-refractivity contribution in [2.24, 2.45) is 10.9 Å². The molecular formula is C24H29BrN4O3. The zero-order valence-electron chi connectivity index (χ0n) is 18.9. The van der Waals surface area contributed by atoms with E-state index in [1.165, 1.54) is 0 Å². The van der Waals surface area contributed by atoms with Crippen LogP contribution in [-0.2, 0) is 9.53 Å². The van der Waals surface area contributed by atoms with Gasteiger partial charge in [0.15, 0.2) is 0 Å². The van der Waals surface area contributed by atoms with Gasteiger partial charge in [0.05, 0.1) is 19.1 Å². The van der Waals surface area contributed by atoms with Crippen molar-refractivity contribution >= 4 is 39.0 Å². The van der Waals surface area contributed by atoms with Crippen molar-refractivity contribution in [3.8, 4) is 0 Å². The fourth-order valence-electron chi connectivity index (χ4n) is 4.68. The van der Waals surface area contributed by atoms with Gasteiger partial charge in [0.2, 0.25) is 0 Å². The van der Waals surface area contributed by atoms with Crippen LogP contribution in [0.5, 0.6) is 0 Å². The van der Waals surface area contributed by atoms with Crippen molar-refractivity contribution in [3.05, 3.63) is 51.3 Å². The molecule has 170 valence electrons. The summed E-state index contributed by atoms with van der Waals surface area (Å²) in [4.78, 5) is 32.0. The van der Waals surface area contributed by atoms with Crippen molar-refractivity contribution in [2.75, 3.05) is 32.8 Å². The third-order valence-electron chi connectivity index (χ3n) is 6.43. The molecule has 0 saturated carbocycles. The van der Waals surface area contributed by atoms with E-state index in [1.54, 1.807) is 0 Å². The van der Waals surface area contributed by atoms with Gasteiger partial charge in [-0.05, 0) is 67.4 Å². The smallest absolute Gasteiger partial charge is 0.254 e. The van der Waals surface area contributed by atoms with E-state index in [1.807, 2.05) is 45.2 Å². The molecule has 4 heterocycles. The molecule has 1 fully saturated rings. The second-order valence-corrected chi connectivity index (χ2v) is 9.50. The van der Waals surface area contributed by atoms with Crippen molar-refractivity contribution in [2.45, 2.75) is 33.7 Å². The number of hydrogen-bond acceptors (Lipinski definition) is 4. The van der Waals surface area contributed by atoms with E-state index in [9.17, 15) is 9.59 Å². The summed E-state index contributed by atoms with van der Waals surface area (Å²) < 4.78 is 8.64. The quantitative estimate of drug-likeness (QED) is 0.678. The first kappa shape index (κ1) is 22.9. The monoisotopic (exact) mass is 500 g/mol. The van der Waals surface area contributed by atoms with Gasteiger partial charge in [-0.3, -0.25) is 14.5 Å². The van der Waals surface area contributed by atoms with Gasteiger partial charge in [0.25, 0.3) is 11.8 Å². The summed E-state index contributed by atoms with van der Waals surface area (Å²) in [5.41, 5.74) is 5.23. The van der Waals surface area contributed by atoms with Crippen molar-refractivity contribution in [1.29, 1.82) is 0 Å². The van der Waals surface area contributed by atoms with Crippen LogP contribution in [0.3, 0.4) is 0 Å². The summed E-state index contributed by atoms with van der Waals surface area (Å²) in [6.45, 7) is 11.3. The lowest BCUT2D eigenvalue weighted by molar-refractivity contribution is -0.120. The lowest BCUT2D eigenvalue weighted by Gasteiger charge is -2.34. The normalized spacial score (nSPS) is 20.8. The van der Waals surface area contributed by atoms with Gasteiger partial charge in [-0.2, -0.15) is 0 Å². The van der Waals surface area contributed by atoms with Gasteiger partial charge in [-0.15, -0.1) is 0 Å². The number of aliphatic imine (C=N–C) groups is 1. The zero-order valence-corrected chi connectivity index (χ0v) is 20.5. The minimum Gasteiger partial charge on any atom is -0.379 e. The van der Waals surface area contributed by atoms with E-state index in [0.29, 0.717) is 24.5 Å². The minimum atomic E-state index is -0.416. The van der Waals surface area contributed by atoms with Gasteiger partial charge < -0.3 is 14.5 Å². The highest BCUT2D eigenvalue weighted by atomic mass is 79.9. The molecule has 8 heteroatoms. The number of halogens is 1. The number of aromatic nitrogens is 1. The van der Waals surface area contributed by atoms with Crippen LogP contribution in [0.1, 0.15) is 48.4 Å². The summed E-state index contributed by atoms with van der Waals surface area (Å²) in [5, 5.41) is 2.98. The highest BCUT2D eigenvalue weighted by molar-refractivity contribution is 9.10. The number of carbonyl (C=O) groups is 2. The van der Waals surface area contributed by atoms with Crippen LogP contribution in [0.2, 0.25) is 0 Å². The van der Waals surface area contributed by atoms with Crippen molar-refractivity contribution in [1.82, 2.24) is 14.6 Å². The van der Waals surface area contributed by atoms with Gasteiger partial charge in [0, 0.05) is 58.8 Å². The fourth-order valence-corrected chi connectivity index (χ4v) is 5.12. The molecule has 4 rings (SSSR count). The Kier molecular flexibility index (Phi) is 6.65. The molecule has 0 spiro atoms. The average Bonchev–Trinajstić information content (AvgIpc) is 3.12. The van der Waals surface area contributed by atoms with Crippen molar-refractivity contribution in [3.63, 3.8) is 0 Å². The Morgan fingerprint density at radius 3 is 2.69 bits per heavy atom.